The lowest BCUT2D eigenvalue weighted by molar-refractivity contribution is -0.384. The summed E-state index contributed by atoms with van der Waals surface area (Å²) in [6.07, 6.45) is 3.86. The van der Waals surface area contributed by atoms with Crippen LogP contribution in [0.25, 0.3) is 0 Å². The molecule has 8 nitrogen and oxygen atoms in total. The van der Waals surface area contributed by atoms with Crippen LogP contribution in [0.2, 0.25) is 0 Å². The third-order valence-corrected chi connectivity index (χ3v) is 5.24. The van der Waals surface area contributed by atoms with E-state index in [-0.39, 0.29) is 23.4 Å². The minimum atomic E-state index is -0.499. The topological polar surface area (TPSA) is 95.8 Å². The molecule has 1 aliphatic carbocycles. The molecule has 3 rings (SSSR count). The van der Waals surface area contributed by atoms with Crippen LogP contribution in [0.5, 0.6) is 0 Å². The molecule has 146 valence electrons. The van der Waals surface area contributed by atoms with Gasteiger partial charge in [-0.1, -0.05) is 0 Å². The summed E-state index contributed by atoms with van der Waals surface area (Å²) >= 11 is 0. The maximum atomic E-state index is 13.1. The third-order valence-electron chi connectivity index (χ3n) is 5.24. The SMILES string of the molecule is CN(C)c1ccc([N+](=O)[O-])cc1C(=O)N1CCCC(C(=O)NCC2CC2)C1. The molecule has 0 radical (unpaired) electrons. The fraction of sp³-hybridized carbons (Fsp3) is 0.579. The van der Waals surface area contributed by atoms with Crippen LogP contribution in [0.15, 0.2) is 18.2 Å². The van der Waals surface area contributed by atoms with Crippen LogP contribution in [0, 0.1) is 22.0 Å². The molecule has 8 heteroatoms. The number of rotatable bonds is 6. The van der Waals surface area contributed by atoms with Gasteiger partial charge in [0.05, 0.1) is 16.4 Å². The van der Waals surface area contributed by atoms with Gasteiger partial charge in [0.25, 0.3) is 11.6 Å². The summed E-state index contributed by atoms with van der Waals surface area (Å²) in [4.78, 5) is 39.5. The molecule has 1 saturated carbocycles. The first-order valence-electron chi connectivity index (χ1n) is 9.39. The molecule has 1 aromatic rings. The molecule has 27 heavy (non-hydrogen) atoms. The quantitative estimate of drug-likeness (QED) is 0.607. The Bertz CT molecular complexity index is 745. The Morgan fingerprint density at radius 3 is 2.67 bits per heavy atom. The van der Waals surface area contributed by atoms with E-state index in [1.54, 1.807) is 30.0 Å². The van der Waals surface area contributed by atoms with E-state index in [9.17, 15) is 19.7 Å². The first-order valence-corrected chi connectivity index (χ1v) is 9.39. The van der Waals surface area contributed by atoms with Gasteiger partial charge in [0, 0.05) is 51.5 Å². The molecule has 1 heterocycles. The van der Waals surface area contributed by atoms with Crippen molar-refractivity contribution in [2.75, 3.05) is 38.6 Å². The van der Waals surface area contributed by atoms with Crippen molar-refractivity contribution in [3.8, 4) is 0 Å². The average Bonchev–Trinajstić information content (AvgIpc) is 3.49. The average molecular weight is 374 g/mol. The summed E-state index contributed by atoms with van der Waals surface area (Å²) in [7, 11) is 3.59. The summed E-state index contributed by atoms with van der Waals surface area (Å²) in [6, 6.07) is 4.32. The van der Waals surface area contributed by atoms with E-state index in [1.165, 1.54) is 25.0 Å². The van der Waals surface area contributed by atoms with Crippen LogP contribution >= 0.6 is 0 Å². The van der Waals surface area contributed by atoms with Crippen molar-refractivity contribution in [1.29, 1.82) is 0 Å². The van der Waals surface area contributed by atoms with Gasteiger partial charge in [0.2, 0.25) is 5.91 Å². The molecule has 2 aliphatic rings. The second kappa shape index (κ2) is 7.94. The predicted molar refractivity (Wildman–Crippen MR) is 102 cm³/mol. The number of anilines is 1. The zero-order valence-electron chi connectivity index (χ0n) is 15.8. The van der Waals surface area contributed by atoms with Gasteiger partial charge in [0.1, 0.15) is 0 Å². The number of carbonyl (C=O) groups excluding carboxylic acids is 2. The van der Waals surface area contributed by atoms with Gasteiger partial charge in [0.15, 0.2) is 0 Å². The van der Waals surface area contributed by atoms with Crippen molar-refractivity contribution in [3.05, 3.63) is 33.9 Å². The van der Waals surface area contributed by atoms with Gasteiger partial charge in [-0.2, -0.15) is 0 Å². The third kappa shape index (κ3) is 4.56. The number of nitrogens with one attached hydrogen (secondary N) is 1. The van der Waals surface area contributed by atoms with Crippen LogP contribution in [0.4, 0.5) is 11.4 Å². The molecule has 0 spiro atoms. The predicted octanol–water partition coefficient (Wildman–Crippen LogP) is 2.04. The smallest absolute Gasteiger partial charge is 0.270 e. The molecule has 1 atom stereocenters. The highest BCUT2D eigenvalue weighted by atomic mass is 16.6. The lowest BCUT2D eigenvalue weighted by Crippen LogP contribution is -2.46. The van der Waals surface area contributed by atoms with Gasteiger partial charge in [-0.3, -0.25) is 19.7 Å². The number of benzene rings is 1. The van der Waals surface area contributed by atoms with Crippen LogP contribution in [-0.2, 0) is 4.79 Å². The first kappa shape index (κ1) is 19.1. The number of nitro groups is 1. The number of nitro benzene ring substituents is 1. The van der Waals surface area contributed by atoms with Crippen molar-refractivity contribution in [2.24, 2.45) is 11.8 Å². The van der Waals surface area contributed by atoms with Crippen LogP contribution < -0.4 is 10.2 Å². The number of piperidine rings is 1. The van der Waals surface area contributed by atoms with E-state index in [1.807, 2.05) is 0 Å². The minimum absolute atomic E-state index is 0.00581. The molecule has 1 aliphatic heterocycles. The minimum Gasteiger partial charge on any atom is -0.377 e. The fourth-order valence-electron chi connectivity index (χ4n) is 3.46. The van der Waals surface area contributed by atoms with Crippen molar-refractivity contribution in [2.45, 2.75) is 25.7 Å². The van der Waals surface area contributed by atoms with Gasteiger partial charge in [-0.15, -0.1) is 0 Å². The van der Waals surface area contributed by atoms with Crippen molar-refractivity contribution in [3.63, 3.8) is 0 Å². The summed E-state index contributed by atoms with van der Waals surface area (Å²) in [6.45, 7) is 1.63. The lowest BCUT2D eigenvalue weighted by atomic mass is 9.96. The zero-order chi connectivity index (χ0) is 19.6. The Balaban J connectivity index is 1.74. The van der Waals surface area contributed by atoms with Crippen LogP contribution in [-0.4, -0.2) is 55.4 Å². The highest BCUT2D eigenvalue weighted by molar-refractivity contribution is 6.00. The number of likely N-dealkylation sites (tertiary alicyclic amines) is 1. The molecule has 1 unspecified atom stereocenters. The number of amides is 2. The number of hydrogen-bond acceptors (Lipinski definition) is 5. The van der Waals surface area contributed by atoms with Crippen molar-refractivity contribution in [1.82, 2.24) is 10.2 Å². The van der Waals surface area contributed by atoms with E-state index < -0.39 is 4.92 Å². The number of non-ortho nitro benzene ring substituents is 1. The Labute approximate surface area is 158 Å². The molecular weight excluding hydrogens is 348 g/mol. The number of nitrogens with zero attached hydrogens (tertiary/aromatic N) is 3. The molecule has 2 amide bonds. The van der Waals surface area contributed by atoms with Gasteiger partial charge < -0.3 is 15.1 Å². The second-order valence-electron chi connectivity index (χ2n) is 7.63. The molecule has 1 N–H and O–H groups in total. The summed E-state index contributed by atoms with van der Waals surface area (Å²) in [5, 5.41) is 14.1. The highest BCUT2D eigenvalue weighted by Crippen LogP contribution is 2.29. The molecule has 1 saturated heterocycles. The van der Waals surface area contributed by atoms with E-state index in [4.69, 9.17) is 0 Å². The van der Waals surface area contributed by atoms with Gasteiger partial charge >= 0.3 is 0 Å². The van der Waals surface area contributed by atoms with Gasteiger partial charge in [-0.05, 0) is 37.7 Å². The Kier molecular flexibility index (Phi) is 5.62. The van der Waals surface area contributed by atoms with Crippen molar-refractivity contribution < 1.29 is 14.5 Å². The van der Waals surface area contributed by atoms with Crippen molar-refractivity contribution >= 4 is 23.2 Å². The summed E-state index contributed by atoms with van der Waals surface area (Å²) < 4.78 is 0. The Hall–Kier alpha value is -2.64. The summed E-state index contributed by atoms with van der Waals surface area (Å²) in [5.41, 5.74) is 0.818. The van der Waals surface area contributed by atoms with E-state index in [0.717, 1.165) is 19.4 Å². The van der Waals surface area contributed by atoms with Gasteiger partial charge in [-0.25, -0.2) is 0 Å². The highest BCUT2D eigenvalue weighted by Gasteiger charge is 2.31. The normalized spacial score (nSPS) is 19.5. The largest absolute Gasteiger partial charge is 0.377 e. The fourth-order valence-corrected chi connectivity index (χ4v) is 3.46. The number of carbonyl (C=O) groups is 2. The molecule has 1 aromatic carbocycles. The zero-order valence-corrected chi connectivity index (χ0v) is 15.8. The maximum Gasteiger partial charge on any atom is 0.270 e. The maximum absolute atomic E-state index is 13.1. The Morgan fingerprint density at radius 2 is 2.04 bits per heavy atom. The molecular formula is C19H26N4O4. The molecule has 0 bridgehead atoms. The van der Waals surface area contributed by atoms with E-state index >= 15 is 0 Å². The Morgan fingerprint density at radius 1 is 1.30 bits per heavy atom. The molecule has 0 aromatic heterocycles. The van der Waals surface area contributed by atoms with Crippen LogP contribution in [0.1, 0.15) is 36.0 Å². The number of hydrogen-bond donors (Lipinski definition) is 1. The summed E-state index contributed by atoms with van der Waals surface area (Å²) in [5.74, 6) is 0.138. The van der Waals surface area contributed by atoms with Crippen LogP contribution in [0.3, 0.4) is 0 Å². The lowest BCUT2D eigenvalue weighted by Gasteiger charge is -2.33. The van der Waals surface area contributed by atoms with E-state index in [2.05, 4.69) is 5.32 Å². The van der Waals surface area contributed by atoms with E-state index in [0.29, 0.717) is 30.3 Å². The second-order valence-corrected chi connectivity index (χ2v) is 7.63. The molecule has 2 fully saturated rings. The standard InChI is InChI=1S/C19H26N4O4/c1-21(2)17-8-7-15(23(26)27)10-16(17)19(25)22-9-3-4-14(12-22)18(24)20-11-13-5-6-13/h7-8,10,13-14H,3-6,9,11-12H2,1-2H3,(H,20,24). The first-order chi connectivity index (χ1) is 12.9. The monoisotopic (exact) mass is 374 g/mol.